The summed E-state index contributed by atoms with van der Waals surface area (Å²) in [5.41, 5.74) is 4.17. The zero-order valence-corrected chi connectivity index (χ0v) is 18.9. The zero-order valence-electron chi connectivity index (χ0n) is 18.1. The van der Waals surface area contributed by atoms with Crippen molar-refractivity contribution in [2.24, 2.45) is 16.5 Å². The fourth-order valence-corrected chi connectivity index (χ4v) is 4.05. The number of carbonyl (C=O) groups excluding carboxylic acids is 1. The molecule has 0 aromatic heterocycles. The lowest BCUT2D eigenvalue weighted by Crippen LogP contribution is -2.30. The Morgan fingerprint density at radius 2 is 1.79 bits per heavy atom. The number of amides is 1. The summed E-state index contributed by atoms with van der Waals surface area (Å²) < 4.78 is 25.9. The fraction of sp³-hybridized carbons (Fsp3) is 0.650. The Morgan fingerprint density at radius 3 is 2.29 bits per heavy atom. The number of rotatable bonds is 6. The van der Waals surface area contributed by atoms with Crippen molar-refractivity contribution in [3.63, 3.8) is 0 Å². The molecular weight excluding hydrogens is 376 g/mol. The molecule has 0 spiro atoms. The highest BCUT2D eigenvalue weighted by Gasteiger charge is 2.31. The summed E-state index contributed by atoms with van der Waals surface area (Å²) in [6.45, 7) is 15.4. The average Bonchev–Trinajstić information content (AvgIpc) is 2.95. The lowest BCUT2D eigenvalue weighted by atomic mass is 9.94. The van der Waals surface area contributed by atoms with Gasteiger partial charge in [0.15, 0.2) is 0 Å². The normalized spacial score (nSPS) is 14.4. The fourth-order valence-electron chi connectivity index (χ4n) is 3.46. The van der Waals surface area contributed by atoms with Crippen LogP contribution in [-0.2, 0) is 21.4 Å². The van der Waals surface area contributed by atoms with Gasteiger partial charge in [-0.05, 0) is 49.3 Å². The smallest absolute Gasteiger partial charge is 0.296 e. The third-order valence-electron chi connectivity index (χ3n) is 5.19. The van der Waals surface area contributed by atoms with Crippen LogP contribution in [0.2, 0.25) is 0 Å². The first-order valence-electron chi connectivity index (χ1n) is 9.75. The molecule has 0 atom stereocenters. The third-order valence-corrected chi connectivity index (χ3v) is 5.68. The van der Waals surface area contributed by atoms with Gasteiger partial charge in [0.05, 0.1) is 17.1 Å². The SMILES string of the molecule is Cc1c2c(c(NC(=O)C(C)(C)C)c(C)c1NS(N)(=O)=O)N(CCC(C)C)CC2. The Bertz CT molecular complexity index is 871. The molecule has 158 valence electrons. The van der Waals surface area contributed by atoms with Crippen molar-refractivity contribution in [3.8, 4) is 0 Å². The summed E-state index contributed by atoms with van der Waals surface area (Å²) in [6.07, 6.45) is 1.85. The molecule has 0 saturated heterocycles. The number of fused-ring (bicyclic) bond motifs is 1. The number of benzene rings is 1. The number of nitrogens with zero attached hydrogens (tertiary/aromatic N) is 1. The lowest BCUT2D eigenvalue weighted by molar-refractivity contribution is -0.123. The predicted octanol–water partition coefficient (Wildman–Crippen LogP) is 3.31. The van der Waals surface area contributed by atoms with Crippen molar-refractivity contribution in [1.29, 1.82) is 0 Å². The van der Waals surface area contributed by atoms with E-state index in [9.17, 15) is 13.2 Å². The maximum atomic E-state index is 12.7. The van der Waals surface area contributed by atoms with E-state index in [0.29, 0.717) is 22.9 Å². The Labute approximate surface area is 169 Å². The molecular formula is C20H34N4O3S. The van der Waals surface area contributed by atoms with E-state index in [-0.39, 0.29) is 5.91 Å². The Balaban J connectivity index is 2.63. The molecule has 8 heteroatoms. The molecule has 2 rings (SSSR count). The molecule has 1 amide bonds. The molecule has 0 aliphatic carbocycles. The highest BCUT2D eigenvalue weighted by molar-refractivity contribution is 7.90. The summed E-state index contributed by atoms with van der Waals surface area (Å²) in [5.74, 6) is 0.459. The molecule has 0 saturated carbocycles. The second kappa shape index (κ2) is 7.91. The zero-order chi connectivity index (χ0) is 21.4. The van der Waals surface area contributed by atoms with Gasteiger partial charge in [0, 0.05) is 18.5 Å². The third kappa shape index (κ3) is 4.97. The number of hydrogen-bond donors (Lipinski definition) is 3. The van der Waals surface area contributed by atoms with Gasteiger partial charge in [0.1, 0.15) is 0 Å². The van der Waals surface area contributed by atoms with Crippen LogP contribution in [-0.4, -0.2) is 27.4 Å². The molecule has 0 radical (unpaired) electrons. The van der Waals surface area contributed by atoms with Gasteiger partial charge in [-0.2, -0.15) is 8.42 Å². The molecule has 28 heavy (non-hydrogen) atoms. The number of anilines is 3. The summed E-state index contributed by atoms with van der Waals surface area (Å²) in [4.78, 5) is 15.0. The van der Waals surface area contributed by atoms with Crippen LogP contribution in [0.1, 0.15) is 57.7 Å². The molecule has 1 aliphatic rings. The standard InChI is InChI=1S/C20H34N4O3S/c1-12(2)8-10-24-11-9-15-13(3)16(23-28(21,26)27)14(4)17(18(15)24)22-19(25)20(5,6)7/h12,23H,8-11H2,1-7H3,(H,22,25)(H2,21,26,27). The van der Waals surface area contributed by atoms with Crippen molar-refractivity contribution in [2.45, 2.75) is 61.3 Å². The maximum absolute atomic E-state index is 12.7. The molecule has 1 heterocycles. The van der Waals surface area contributed by atoms with Gasteiger partial charge in [0.25, 0.3) is 10.2 Å². The van der Waals surface area contributed by atoms with Gasteiger partial charge < -0.3 is 10.2 Å². The first-order valence-corrected chi connectivity index (χ1v) is 11.3. The number of hydrogen-bond acceptors (Lipinski definition) is 4. The minimum atomic E-state index is -3.92. The highest BCUT2D eigenvalue weighted by Crippen LogP contribution is 2.45. The Kier molecular flexibility index (Phi) is 6.35. The van der Waals surface area contributed by atoms with Gasteiger partial charge >= 0.3 is 0 Å². The quantitative estimate of drug-likeness (QED) is 0.669. The molecule has 1 aromatic rings. The van der Waals surface area contributed by atoms with Crippen LogP contribution in [0.4, 0.5) is 17.1 Å². The van der Waals surface area contributed by atoms with Crippen LogP contribution in [0.3, 0.4) is 0 Å². The van der Waals surface area contributed by atoms with Crippen molar-refractivity contribution < 1.29 is 13.2 Å². The van der Waals surface area contributed by atoms with E-state index in [1.54, 1.807) is 0 Å². The number of nitrogens with two attached hydrogens (primary N) is 1. The second-order valence-corrected chi connectivity index (χ2v) is 10.4. The van der Waals surface area contributed by atoms with E-state index in [2.05, 4.69) is 28.8 Å². The molecule has 4 N–H and O–H groups in total. The minimum Gasteiger partial charge on any atom is -0.369 e. The first-order chi connectivity index (χ1) is 12.7. The number of carbonyl (C=O) groups is 1. The van der Waals surface area contributed by atoms with E-state index in [1.165, 1.54) is 0 Å². The summed E-state index contributed by atoms with van der Waals surface area (Å²) >= 11 is 0. The lowest BCUT2D eigenvalue weighted by Gasteiger charge is -2.28. The average molecular weight is 411 g/mol. The van der Waals surface area contributed by atoms with Gasteiger partial charge in [-0.1, -0.05) is 34.6 Å². The summed E-state index contributed by atoms with van der Waals surface area (Å²) in [5, 5.41) is 8.31. The van der Waals surface area contributed by atoms with Crippen molar-refractivity contribution in [2.75, 3.05) is 28.0 Å². The van der Waals surface area contributed by atoms with Gasteiger partial charge in [-0.25, -0.2) is 5.14 Å². The molecule has 7 nitrogen and oxygen atoms in total. The van der Waals surface area contributed by atoms with Crippen LogP contribution >= 0.6 is 0 Å². The molecule has 0 fully saturated rings. The van der Waals surface area contributed by atoms with Crippen LogP contribution in [0.5, 0.6) is 0 Å². The van der Waals surface area contributed by atoms with E-state index < -0.39 is 15.6 Å². The van der Waals surface area contributed by atoms with E-state index in [0.717, 1.165) is 42.7 Å². The van der Waals surface area contributed by atoms with Crippen LogP contribution in [0.15, 0.2) is 0 Å². The molecule has 0 unspecified atom stereocenters. The Hall–Kier alpha value is -1.80. The summed E-state index contributed by atoms with van der Waals surface area (Å²) in [6, 6.07) is 0. The van der Waals surface area contributed by atoms with E-state index in [1.807, 2.05) is 34.6 Å². The van der Waals surface area contributed by atoms with Crippen LogP contribution in [0, 0.1) is 25.2 Å². The predicted molar refractivity (Wildman–Crippen MR) is 116 cm³/mol. The summed E-state index contributed by atoms with van der Waals surface area (Å²) in [7, 11) is -3.92. The highest BCUT2D eigenvalue weighted by atomic mass is 32.2. The van der Waals surface area contributed by atoms with Gasteiger partial charge in [0.2, 0.25) is 5.91 Å². The largest absolute Gasteiger partial charge is 0.369 e. The van der Waals surface area contributed by atoms with Crippen LogP contribution in [0.25, 0.3) is 0 Å². The minimum absolute atomic E-state index is 0.112. The molecule has 1 aromatic carbocycles. The topological polar surface area (TPSA) is 105 Å². The van der Waals surface area contributed by atoms with Gasteiger partial charge in [-0.15, -0.1) is 0 Å². The maximum Gasteiger partial charge on any atom is 0.296 e. The molecule has 1 aliphatic heterocycles. The van der Waals surface area contributed by atoms with Crippen molar-refractivity contribution >= 4 is 33.2 Å². The van der Waals surface area contributed by atoms with Crippen molar-refractivity contribution in [1.82, 2.24) is 0 Å². The van der Waals surface area contributed by atoms with Crippen molar-refractivity contribution in [3.05, 3.63) is 16.7 Å². The molecule has 0 bridgehead atoms. The van der Waals surface area contributed by atoms with E-state index in [4.69, 9.17) is 5.14 Å². The first kappa shape index (κ1) is 22.5. The monoisotopic (exact) mass is 410 g/mol. The second-order valence-electron chi connectivity index (χ2n) is 9.10. The van der Waals surface area contributed by atoms with Crippen LogP contribution < -0.4 is 20.1 Å². The van der Waals surface area contributed by atoms with E-state index >= 15 is 0 Å². The Morgan fingerprint density at radius 1 is 1.18 bits per heavy atom. The van der Waals surface area contributed by atoms with Gasteiger partial charge in [-0.3, -0.25) is 9.52 Å². The number of nitrogens with one attached hydrogen (secondary N) is 2.